The normalized spacial score (nSPS) is 31.0. The fourth-order valence-electron chi connectivity index (χ4n) is 6.61. The number of carbonyl (C=O) groups excluding carboxylic acids is 2. The molecule has 6 rings (SSSR count). The molecule has 1 aromatic heterocycles. The highest BCUT2D eigenvalue weighted by Crippen LogP contribution is 2.61. The lowest BCUT2D eigenvalue weighted by molar-refractivity contribution is -0.173. The van der Waals surface area contributed by atoms with E-state index in [1.165, 1.54) is 36.1 Å². The maximum absolute atomic E-state index is 12.8. The first kappa shape index (κ1) is 20.9. The van der Waals surface area contributed by atoms with Crippen molar-refractivity contribution in [3.63, 3.8) is 0 Å². The summed E-state index contributed by atoms with van der Waals surface area (Å²) in [5.74, 6) is 1.64. The highest BCUT2D eigenvalue weighted by atomic mass is 16.6. The predicted octanol–water partition coefficient (Wildman–Crippen LogP) is 2.70. The molecule has 1 unspecified atom stereocenters. The number of hydrogen-bond acceptors (Lipinski definition) is 7. The Kier molecular flexibility index (Phi) is 4.68. The Morgan fingerprint density at radius 3 is 2.88 bits per heavy atom. The van der Waals surface area contributed by atoms with Gasteiger partial charge in [0.2, 0.25) is 0 Å². The topological polar surface area (TPSA) is 93.9 Å². The maximum Gasteiger partial charge on any atom is 0.424 e. The lowest BCUT2D eigenvalue weighted by Crippen LogP contribution is -2.73. The molecule has 4 aliphatic rings. The number of likely N-dealkylation sites (tertiary alicyclic amines) is 1. The van der Waals surface area contributed by atoms with E-state index in [0.717, 1.165) is 30.1 Å². The summed E-state index contributed by atoms with van der Waals surface area (Å²) in [6.07, 6.45) is 8.87. The average molecular weight is 452 g/mol. The highest BCUT2D eigenvalue weighted by molar-refractivity contribution is 5.83. The van der Waals surface area contributed by atoms with E-state index in [9.17, 15) is 14.7 Å². The molecule has 2 bridgehead atoms. The molecule has 8 nitrogen and oxygen atoms in total. The number of piperidine rings is 1. The Labute approximate surface area is 192 Å². The van der Waals surface area contributed by atoms with E-state index in [0.29, 0.717) is 43.6 Å². The third-order valence-electron chi connectivity index (χ3n) is 8.34. The minimum atomic E-state index is -1.01. The number of aromatic nitrogens is 2. The molecule has 0 radical (unpaired) electrons. The van der Waals surface area contributed by atoms with Crippen LogP contribution in [0, 0.1) is 5.92 Å². The van der Waals surface area contributed by atoms with Crippen molar-refractivity contribution < 1.29 is 24.2 Å². The molecule has 1 N–H and O–H groups in total. The lowest BCUT2D eigenvalue weighted by atomic mass is 9.49. The molecule has 3 fully saturated rings. The Morgan fingerprint density at radius 1 is 1.30 bits per heavy atom. The quantitative estimate of drug-likeness (QED) is 0.764. The number of benzene rings is 1. The Bertz CT molecular complexity index is 1110. The van der Waals surface area contributed by atoms with E-state index in [-0.39, 0.29) is 11.8 Å². The van der Waals surface area contributed by atoms with Crippen LogP contribution in [-0.2, 0) is 16.6 Å². The zero-order valence-electron chi connectivity index (χ0n) is 18.8. The molecule has 8 heteroatoms. The number of rotatable bonds is 4. The Hall–Kier alpha value is -2.71. The minimum Gasteiger partial charge on any atom is -0.493 e. The van der Waals surface area contributed by atoms with Gasteiger partial charge in [-0.25, -0.2) is 14.3 Å². The van der Waals surface area contributed by atoms with Gasteiger partial charge in [0, 0.05) is 48.8 Å². The molecule has 1 aromatic carbocycles. The molecular weight excluding hydrogens is 422 g/mol. The summed E-state index contributed by atoms with van der Waals surface area (Å²) in [6, 6.07) is 3.72. The van der Waals surface area contributed by atoms with Crippen molar-refractivity contribution in [3.8, 4) is 11.5 Å². The molecular formula is C25H29N3O5. The summed E-state index contributed by atoms with van der Waals surface area (Å²) < 4.78 is 12.8. The van der Waals surface area contributed by atoms with Gasteiger partial charge in [-0.3, -0.25) is 9.69 Å². The second kappa shape index (κ2) is 7.40. The first-order chi connectivity index (χ1) is 15.9. The second-order valence-electron chi connectivity index (χ2n) is 10.1. The third kappa shape index (κ3) is 3.07. The van der Waals surface area contributed by atoms with E-state index in [1.807, 2.05) is 6.07 Å². The van der Waals surface area contributed by atoms with Crippen molar-refractivity contribution in [2.75, 3.05) is 20.2 Å². The number of ketones is 1. The van der Waals surface area contributed by atoms with Gasteiger partial charge in [0.15, 0.2) is 11.5 Å². The molecule has 2 heterocycles. The van der Waals surface area contributed by atoms with Crippen molar-refractivity contribution >= 4 is 11.9 Å². The zero-order valence-corrected chi connectivity index (χ0v) is 18.8. The Morgan fingerprint density at radius 2 is 2.15 bits per heavy atom. The molecule has 3 atom stereocenters. The van der Waals surface area contributed by atoms with Gasteiger partial charge in [-0.05, 0) is 56.2 Å². The third-order valence-corrected chi connectivity index (χ3v) is 8.34. The SMILES string of the molecule is COc1c(OC(=O)n2ccnc2)ccc2c1[C@]13CCN(CC4CC4)[C@H](C2)C1(O)CCC(=O)C3. The van der Waals surface area contributed by atoms with Gasteiger partial charge in [-0.2, -0.15) is 0 Å². The van der Waals surface area contributed by atoms with Crippen LogP contribution in [0.5, 0.6) is 11.5 Å². The van der Waals surface area contributed by atoms with Crippen LogP contribution in [0.4, 0.5) is 4.79 Å². The van der Waals surface area contributed by atoms with Crippen LogP contribution in [0.1, 0.15) is 49.7 Å². The van der Waals surface area contributed by atoms with Gasteiger partial charge in [0.25, 0.3) is 0 Å². The van der Waals surface area contributed by atoms with E-state index in [2.05, 4.69) is 9.88 Å². The lowest BCUT2D eigenvalue weighted by Gasteiger charge is -2.63. The number of hydrogen-bond donors (Lipinski definition) is 1. The van der Waals surface area contributed by atoms with Crippen LogP contribution in [-0.4, -0.2) is 63.3 Å². The van der Waals surface area contributed by atoms with Gasteiger partial charge < -0.3 is 14.6 Å². The number of aliphatic hydroxyl groups is 1. The first-order valence-corrected chi connectivity index (χ1v) is 11.8. The number of ether oxygens (including phenoxy) is 2. The standard InChI is InChI=1S/C25H29N3O5/c1-32-22-19(33-23(30)28-11-9-26-15-28)5-4-17-12-20-25(31)7-6-18(29)13-24(25,21(17)22)8-10-27(20)14-16-2-3-16/h4-5,9,11,15-16,20,31H,2-3,6-8,10,12-14H2,1H3/t20-,24-,25?/m1/s1. The van der Waals surface area contributed by atoms with E-state index >= 15 is 0 Å². The van der Waals surface area contributed by atoms with Crippen LogP contribution in [0.15, 0.2) is 30.9 Å². The molecule has 2 aromatic rings. The van der Waals surface area contributed by atoms with Gasteiger partial charge >= 0.3 is 6.09 Å². The van der Waals surface area contributed by atoms with Gasteiger partial charge in [0.05, 0.1) is 12.7 Å². The second-order valence-corrected chi connectivity index (χ2v) is 10.1. The minimum absolute atomic E-state index is 0.0171. The summed E-state index contributed by atoms with van der Waals surface area (Å²) in [4.78, 5) is 31.8. The summed E-state index contributed by atoms with van der Waals surface area (Å²) in [7, 11) is 1.55. The van der Waals surface area contributed by atoms with Crippen LogP contribution in [0.3, 0.4) is 0 Å². The molecule has 33 heavy (non-hydrogen) atoms. The number of Topliss-reactive ketones (excluding diaryl/α,β-unsaturated/α-hetero) is 1. The average Bonchev–Trinajstić information content (AvgIpc) is 3.44. The van der Waals surface area contributed by atoms with Gasteiger partial charge in [0.1, 0.15) is 12.1 Å². The van der Waals surface area contributed by atoms with Crippen molar-refractivity contribution in [1.29, 1.82) is 0 Å². The first-order valence-electron chi connectivity index (χ1n) is 11.8. The van der Waals surface area contributed by atoms with Crippen molar-refractivity contribution in [2.24, 2.45) is 5.92 Å². The monoisotopic (exact) mass is 451 g/mol. The van der Waals surface area contributed by atoms with E-state index in [4.69, 9.17) is 9.47 Å². The molecule has 3 aliphatic carbocycles. The van der Waals surface area contributed by atoms with E-state index < -0.39 is 17.1 Å². The Balaban J connectivity index is 1.46. The summed E-state index contributed by atoms with van der Waals surface area (Å²) in [5, 5.41) is 12.3. The van der Waals surface area contributed by atoms with E-state index in [1.54, 1.807) is 13.2 Å². The zero-order chi connectivity index (χ0) is 22.8. The van der Waals surface area contributed by atoms with Crippen molar-refractivity contribution in [1.82, 2.24) is 14.5 Å². The number of carbonyl (C=O) groups is 2. The number of imidazole rings is 1. The molecule has 2 saturated carbocycles. The number of methoxy groups -OCH3 is 1. The van der Waals surface area contributed by atoms with Crippen LogP contribution in [0.2, 0.25) is 0 Å². The van der Waals surface area contributed by atoms with Crippen molar-refractivity contribution in [3.05, 3.63) is 42.0 Å². The van der Waals surface area contributed by atoms with Crippen molar-refractivity contribution in [2.45, 2.75) is 62.0 Å². The molecule has 0 amide bonds. The van der Waals surface area contributed by atoms with Crippen LogP contribution < -0.4 is 9.47 Å². The highest BCUT2D eigenvalue weighted by Gasteiger charge is 2.66. The molecule has 0 spiro atoms. The van der Waals surface area contributed by atoms with Crippen LogP contribution in [0.25, 0.3) is 0 Å². The molecule has 1 saturated heterocycles. The smallest absolute Gasteiger partial charge is 0.424 e. The van der Waals surface area contributed by atoms with Crippen LogP contribution >= 0.6 is 0 Å². The number of fused-ring (bicyclic) bond motifs is 1. The number of nitrogens with zero attached hydrogens (tertiary/aromatic N) is 3. The predicted molar refractivity (Wildman–Crippen MR) is 119 cm³/mol. The van der Waals surface area contributed by atoms with Gasteiger partial charge in [-0.15, -0.1) is 0 Å². The molecule has 174 valence electrons. The maximum atomic E-state index is 12.8. The summed E-state index contributed by atoms with van der Waals surface area (Å²) in [6.45, 7) is 1.86. The fraction of sp³-hybridized carbons (Fsp3) is 0.560. The van der Waals surface area contributed by atoms with Gasteiger partial charge in [-0.1, -0.05) is 6.07 Å². The fourth-order valence-corrected chi connectivity index (χ4v) is 6.61. The summed E-state index contributed by atoms with van der Waals surface area (Å²) in [5.41, 5.74) is 0.169. The summed E-state index contributed by atoms with van der Waals surface area (Å²) >= 11 is 0. The molecule has 1 aliphatic heterocycles. The largest absolute Gasteiger partial charge is 0.493 e.